The minimum atomic E-state index is -0.0406. The summed E-state index contributed by atoms with van der Waals surface area (Å²) >= 11 is 2.05. The molecule has 0 spiro atoms. The first-order valence-corrected chi connectivity index (χ1v) is 27.5. The number of hydrogen-bond donors (Lipinski definition) is 0. The first kappa shape index (κ1) is 49.5. The molecule has 3 heterocycles. The van der Waals surface area contributed by atoms with E-state index in [2.05, 4.69) is 251 Å². The van der Waals surface area contributed by atoms with Gasteiger partial charge in [0.1, 0.15) is 0 Å². The van der Waals surface area contributed by atoms with Crippen LogP contribution in [0.2, 0.25) is 0 Å². The number of fused-ring (bicyclic) bond motifs is 7. The van der Waals surface area contributed by atoms with E-state index in [1.807, 2.05) is 11.3 Å². The summed E-state index contributed by atoms with van der Waals surface area (Å²) in [7, 11) is 0. The maximum atomic E-state index is 2.68. The summed E-state index contributed by atoms with van der Waals surface area (Å²) < 4.78 is 2.84. The fourth-order valence-corrected chi connectivity index (χ4v) is 13.2. The number of nitrogens with zero attached hydrogens (tertiary/aromatic N) is 2. The van der Waals surface area contributed by atoms with Crippen LogP contribution in [-0.4, -0.2) is 6.71 Å². The van der Waals surface area contributed by atoms with Gasteiger partial charge in [-0.25, -0.2) is 0 Å². The Balaban J connectivity index is 1.34. The van der Waals surface area contributed by atoms with E-state index in [0.717, 1.165) is 0 Å². The third kappa shape index (κ3) is 8.31. The number of benzene rings is 6. The lowest BCUT2D eigenvalue weighted by atomic mass is 9.36. The number of anilines is 6. The summed E-state index contributed by atoms with van der Waals surface area (Å²) in [6.07, 6.45) is 2.38. The highest BCUT2D eigenvalue weighted by Crippen LogP contribution is 2.54. The zero-order valence-corrected chi connectivity index (χ0v) is 47.9. The lowest BCUT2D eigenvalue weighted by molar-refractivity contribution is 0.332. The molecule has 10 rings (SSSR count). The summed E-state index contributed by atoms with van der Waals surface area (Å²) in [6, 6.07) is 42.2. The van der Waals surface area contributed by atoms with Crippen molar-refractivity contribution in [3.63, 3.8) is 0 Å². The molecule has 1 aromatic heterocycles. The number of rotatable bonds is 3. The molecule has 368 valence electrons. The minimum Gasteiger partial charge on any atom is -0.311 e. The van der Waals surface area contributed by atoms with E-state index in [1.165, 1.54) is 128 Å². The van der Waals surface area contributed by atoms with Crippen molar-refractivity contribution < 1.29 is 0 Å². The molecule has 3 aliphatic rings. The summed E-state index contributed by atoms with van der Waals surface area (Å²) in [6.45, 7) is 47.6. The fraction of sp³-hybridized carbons (Fsp3) is 0.433. The van der Waals surface area contributed by atoms with Crippen molar-refractivity contribution in [2.45, 2.75) is 189 Å². The summed E-state index contributed by atoms with van der Waals surface area (Å²) in [5.74, 6) is 0. The largest absolute Gasteiger partial charge is 0.311 e. The van der Waals surface area contributed by atoms with E-state index in [9.17, 15) is 0 Å². The number of hydrogen-bond acceptors (Lipinski definition) is 3. The monoisotopic (exact) mass is 957 g/mol. The van der Waals surface area contributed by atoms with E-state index in [-0.39, 0.29) is 44.6 Å². The van der Waals surface area contributed by atoms with E-state index in [4.69, 9.17) is 0 Å². The standard InChI is InChI=1S/C67H81BN2S/c1-40-31-55-58-56(32-40)70(53-27-23-43(62(5,6)7)36-48(53)41-33-45(64(11,12)13)35-46(34-41)65(14,15)16)54-28-24-44(63(8,9)10)37-52(54)68(58)60-59(69(55)47-25-21-42(22-26-47)61(2,3)4)49-38-50-51(39-57(49)71-60)67(19,20)30-29-66(50,17)18/h21-28,31-39H,29-30H2,1-20H3. The molecule has 4 heteroatoms. The van der Waals surface area contributed by atoms with Gasteiger partial charge in [0.15, 0.2) is 0 Å². The molecule has 0 unspecified atom stereocenters. The van der Waals surface area contributed by atoms with Crippen molar-refractivity contribution in [3.8, 4) is 11.1 Å². The molecule has 0 fully saturated rings. The fourth-order valence-electron chi connectivity index (χ4n) is 11.9. The predicted octanol–water partition coefficient (Wildman–Crippen LogP) is 17.8. The highest BCUT2D eigenvalue weighted by Gasteiger charge is 2.47. The SMILES string of the molecule is Cc1cc2c3c(c1)N(c1ccc(C(C)(C)C)cc1)c1c(sc4cc5c(cc14)C(C)(C)CCC5(C)C)B3c1cc(C(C)(C)C)ccc1N2c1ccc(C(C)(C)C)cc1-c1cc(C(C)(C)C)cc(C(C)(C)C)c1. The summed E-state index contributed by atoms with van der Waals surface area (Å²) in [4.78, 5) is 5.36. The average molecular weight is 957 g/mol. The van der Waals surface area contributed by atoms with Crippen molar-refractivity contribution in [2.75, 3.05) is 9.80 Å². The van der Waals surface area contributed by atoms with Crippen LogP contribution in [0.4, 0.5) is 34.1 Å². The molecular weight excluding hydrogens is 876 g/mol. The third-order valence-electron chi connectivity index (χ3n) is 16.7. The van der Waals surface area contributed by atoms with Crippen LogP contribution < -0.4 is 25.5 Å². The van der Waals surface area contributed by atoms with E-state index in [1.54, 1.807) is 0 Å². The van der Waals surface area contributed by atoms with Gasteiger partial charge in [0.05, 0.1) is 11.4 Å². The van der Waals surface area contributed by atoms with E-state index in [0.29, 0.717) is 0 Å². The lowest BCUT2D eigenvalue weighted by Gasteiger charge is -2.44. The van der Waals surface area contributed by atoms with Gasteiger partial charge in [0.2, 0.25) is 0 Å². The van der Waals surface area contributed by atoms with Gasteiger partial charge in [-0.2, -0.15) is 0 Å². The Bertz CT molecular complexity index is 3250. The maximum Gasteiger partial charge on any atom is 0.264 e. The average Bonchev–Trinajstić information content (AvgIpc) is 3.63. The van der Waals surface area contributed by atoms with Crippen molar-refractivity contribution in [2.24, 2.45) is 0 Å². The molecule has 0 bridgehead atoms. The first-order chi connectivity index (χ1) is 32.7. The molecule has 0 N–H and O–H groups in total. The zero-order valence-electron chi connectivity index (χ0n) is 47.1. The highest BCUT2D eigenvalue weighted by molar-refractivity contribution is 7.33. The molecule has 2 nitrogen and oxygen atoms in total. The molecule has 0 amide bonds. The van der Waals surface area contributed by atoms with Crippen molar-refractivity contribution in [1.29, 1.82) is 0 Å². The first-order valence-electron chi connectivity index (χ1n) is 26.7. The van der Waals surface area contributed by atoms with Crippen LogP contribution in [0.1, 0.15) is 189 Å². The molecular formula is C67H81BN2S. The number of thiophene rings is 1. The molecule has 7 aromatic rings. The molecule has 0 saturated carbocycles. The molecule has 71 heavy (non-hydrogen) atoms. The Morgan fingerprint density at radius 1 is 0.465 bits per heavy atom. The topological polar surface area (TPSA) is 6.48 Å². The normalized spacial score (nSPS) is 16.5. The second-order valence-corrected chi connectivity index (χ2v) is 29.5. The minimum absolute atomic E-state index is 0.0248. The van der Waals surface area contributed by atoms with Crippen LogP contribution in [0.5, 0.6) is 0 Å². The second kappa shape index (κ2) is 16.0. The van der Waals surface area contributed by atoms with Crippen LogP contribution >= 0.6 is 11.3 Å². The van der Waals surface area contributed by atoms with Gasteiger partial charge in [0, 0.05) is 43.2 Å². The lowest BCUT2D eigenvalue weighted by Crippen LogP contribution is -2.60. The van der Waals surface area contributed by atoms with Gasteiger partial charge in [-0.05, 0) is 173 Å². The quantitative estimate of drug-likeness (QED) is 0.163. The third-order valence-corrected chi connectivity index (χ3v) is 17.9. The van der Waals surface area contributed by atoms with Crippen LogP contribution in [0.3, 0.4) is 0 Å². The van der Waals surface area contributed by atoms with Gasteiger partial charge in [-0.15, -0.1) is 11.3 Å². The Morgan fingerprint density at radius 3 is 1.48 bits per heavy atom. The van der Waals surface area contributed by atoms with E-state index < -0.39 is 0 Å². The van der Waals surface area contributed by atoms with Gasteiger partial charge < -0.3 is 9.80 Å². The van der Waals surface area contributed by atoms with Gasteiger partial charge >= 0.3 is 0 Å². The molecule has 0 atom stereocenters. The Kier molecular flexibility index (Phi) is 11.1. The van der Waals surface area contributed by atoms with Crippen molar-refractivity contribution >= 4 is 78.0 Å². The molecule has 0 radical (unpaired) electrons. The van der Waals surface area contributed by atoms with Crippen LogP contribution in [0.25, 0.3) is 21.2 Å². The van der Waals surface area contributed by atoms with Crippen molar-refractivity contribution in [3.05, 3.63) is 148 Å². The van der Waals surface area contributed by atoms with Gasteiger partial charge in [0.25, 0.3) is 6.71 Å². The smallest absolute Gasteiger partial charge is 0.264 e. The molecule has 1 aliphatic carbocycles. The molecule has 0 saturated heterocycles. The molecule has 6 aromatic carbocycles. The van der Waals surface area contributed by atoms with Gasteiger partial charge in [-0.1, -0.05) is 180 Å². The zero-order chi connectivity index (χ0) is 51.5. The maximum absolute atomic E-state index is 2.68. The highest BCUT2D eigenvalue weighted by atomic mass is 32.1. The van der Waals surface area contributed by atoms with Crippen LogP contribution in [-0.2, 0) is 37.9 Å². The van der Waals surface area contributed by atoms with Gasteiger partial charge in [-0.3, -0.25) is 0 Å². The Labute approximate surface area is 433 Å². The molecule has 2 aliphatic heterocycles. The predicted molar refractivity (Wildman–Crippen MR) is 315 cm³/mol. The summed E-state index contributed by atoms with van der Waals surface area (Å²) in [5, 5.41) is 1.38. The Hall–Kier alpha value is -5.06. The van der Waals surface area contributed by atoms with E-state index >= 15 is 0 Å². The Morgan fingerprint density at radius 2 is 0.944 bits per heavy atom. The summed E-state index contributed by atoms with van der Waals surface area (Å²) in [5.41, 5.74) is 24.2. The van der Waals surface area contributed by atoms with Crippen LogP contribution in [0, 0.1) is 6.92 Å². The number of aryl methyl sites for hydroxylation is 1. The van der Waals surface area contributed by atoms with Crippen molar-refractivity contribution in [1.82, 2.24) is 0 Å². The van der Waals surface area contributed by atoms with Crippen LogP contribution in [0.15, 0.2) is 103 Å². The second-order valence-electron chi connectivity index (χ2n) is 28.4.